The second-order valence-electron chi connectivity index (χ2n) is 5.94. The van der Waals surface area contributed by atoms with Crippen LogP contribution in [0.15, 0.2) is 41.4 Å². The molecule has 12 nitrogen and oxygen atoms in total. The number of nitrogens with one attached hydrogen (secondary N) is 1. The monoisotopic (exact) mass is 484 g/mol. The van der Waals surface area contributed by atoms with Crippen LogP contribution in [0.5, 0.6) is 23.0 Å². The zero-order valence-corrected chi connectivity index (χ0v) is 19.8. The number of rotatable bonds is 7. The first-order valence-corrected chi connectivity index (χ1v) is 10.4. The molecule has 0 radical (unpaired) electrons. The summed E-state index contributed by atoms with van der Waals surface area (Å²) in [6, 6.07) is 11.2. The Bertz CT molecular complexity index is 925. The van der Waals surface area contributed by atoms with E-state index in [0.717, 1.165) is 22.6 Å². The number of nitrogens with zero attached hydrogens (tertiary/aromatic N) is 1. The largest absolute Gasteiger partial charge is 0.493 e. The predicted octanol–water partition coefficient (Wildman–Crippen LogP) is 0.741. The Morgan fingerprint density at radius 3 is 1.61 bits per heavy atom. The molecule has 1 atom stereocenters. The standard InChI is InChI=1S/C10H15N3O2.C9H13NO2.CH4N2O2S/c1-14-8-4-3-7(5-9(8)15-2)6-13-10(11)12;1-11-8-4-3-7(6-10)5-9(8)12-2;2-1(3)6(4)5/h3-5H,6H2,1-2H3,(H4,11,12,13);3-5H,6,10H2,1-2H3;(H3,2,3)(H,4,5). The van der Waals surface area contributed by atoms with Crippen molar-refractivity contribution < 1.29 is 27.7 Å². The fraction of sp³-hybridized carbons (Fsp3) is 0.300. The molecule has 10 N–H and O–H groups in total. The molecule has 184 valence electrons. The Kier molecular flexibility index (Phi) is 14.4. The van der Waals surface area contributed by atoms with Gasteiger partial charge >= 0.3 is 0 Å². The Morgan fingerprint density at radius 1 is 0.879 bits per heavy atom. The van der Waals surface area contributed by atoms with Crippen LogP contribution in [0.2, 0.25) is 0 Å². The summed E-state index contributed by atoms with van der Waals surface area (Å²) in [6.45, 7) is 0.947. The highest BCUT2D eigenvalue weighted by atomic mass is 32.2. The second kappa shape index (κ2) is 16.1. The fourth-order valence-electron chi connectivity index (χ4n) is 2.17. The summed E-state index contributed by atoms with van der Waals surface area (Å²) in [5.41, 5.74) is 22.4. The number of methoxy groups -OCH3 is 4. The van der Waals surface area contributed by atoms with Gasteiger partial charge in [-0.05, 0) is 35.4 Å². The number of hydrogen-bond donors (Lipinski definition) is 6. The third kappa shape index (κ3) is 11.6. The molecule has 1 unspecified atom stereocenters. The van der Waals surface area contributed by atoms with Crippen molar-refractivity contribution in [3.05, 3.63) is 47.5 Å². The lowest BCUT2D eigenvalue weighted by Crippen LogP contribution is -2.22. The maximum Gasteiger partial charge on any atom is 0.222 e. The molecule has 0 heterocycles. The summed E-state index contributed by atoms with van der Waals surface area (Å²) in [6.07, 6.45) is 0. The number of hydrogen-bond acceptors (Lipinski definition) is 8. The summed E-state index contributed by atoms with van der Waals surface area (Å²) in [5, 5.41) is 5.46. The second-order valence-corrected chi connectivity index (χ2v) is 6.88. The minimum Gasteiger partial charge on any atom is -0.493 e. The Labute approximate surface area is 195 Å². The van der Waals surface area contributed by atoms with Crippen molar-refractivity contribution in [3.8, 4) is 23.0 Å². The van der Waals surface area contributed by atoms with E-state index in [1.165, 1.54) is 0 Å². The molecule has 0 fully saturated rings. The molecule has 0 spiro atoms. The Balaban J connectivity index is 0.000000509. The zero-order valence-electron chi connectivity index (χ0n) is 19.0. The van der Waals surface area contributed by atoms with Gasteiger partial charge in [0, 0.05) is 6.54 Å². The molecule has 2 rings (SSSR count). The van der Waals surface area contributed by atoms with E-state index in [9.17, 15) is 4.21 Å². The van der Waals surface area contributed by atoms with Crippen LogP contribution in [-0.2, 0) is 24.2 Å². The van der Waals surface area contributed by atoms with Crippen LogP contribution in [0.25, 0.3) is 0 Å². The Morgan fingerprint density at radius 2 is 1.27 bits per heavy atom. The molecule has 0 aromatic heterocycles. The summed E-state index contributed by atoms with van der Waals surface area (Å²) in [4.78, 5) is 3.90. The maximum atomic E-state index is 9.46. The van der Waals surface area contributed by atoms with E-state index in [-0.39, 0.29) is 5.96 Å². The lowest BCUT2D eigenvalue weighted by atomic mass is 10.2. The number of amidine groups is 1. The Hall–Kier alpha value is -3.55. The molecular formula is C20H32N6O6S. The number of benzene rings is 2. The topological polar surface area (TPSA) is 215 Å². The number of nitrogens with two attached hydrogens (primary N) is 4. The van der Waals surface area contributed by atoms with Crippen molar-refractivity contribution in [3.63, 3.8) is 0 Å². The van der Waals surface area contributed by atoms with Crippen molar-refractivity contribution in [2.24, 2.45) is 27.9 Å². The molecule has 0 saturated carbocycles. The third-order valence-electron chi connectivity index (χ3n) is 3.76. The molecule has 0 aliphatic carbocycles. The van der Waals surface area contributed by atoms with Crippen molar-refractivity contribution in [1.82, 2.24) is 0 Å². The van der Waals surface area contributed by atoms with Crippen molar-refractivity contribution in [2.75, 3.05) is 28.4 Å². The number of ether oxygens (including phenoxy) is 4. The highest BCUT2D eigenvalue weighted by Crippen LogP contribution is 2.28. The van der Waals surface area contributed by atoms with Crippen molar-refractivity contribution in [1.29, 1.82) is 5.41 Å². The van der Waals surface area contributed by atoms with E-state index >= 15 is 0 Å². The molecule has 13 heteroatoms. The summed E-state index contributed by atoms with van der Waals surface area (Å²) in [5.74, 6) is 2.88. The molecule has 0 saturated heterocycles. The first kappa shape index (κ1) is 29.5. The SMILES string of the molecule is COc1ccc(CN)cc1OC.COc1ccc(CN=C(N)N)cc1OC.N=C(N)S(=O)O. The minimum absolute atomic E-state index is 0.0739. The molecule has 0 bridgehead atoms. The van der Waals surface area contributed by atoms with Gasteiger partial charge in [-0.3, -0.25) is 9.96 Å². The average Bonchev–Trinajstić information content (AvgIpc) is 2.82. The number of aliphatic imine (C=N–C) groups is 1. The molecule has 2 aromatic rings. The van der Waals surface area contributed by atoms with Gasteiger partial charge in [0.2, 0.25) is 16.2 Å². The van der Waals surface area contributed by atoms with E-state index in [0.29, 0.717) is 24.6 Å². The van der Waals surface area contributed by atoms with E-state index in [1.807, 2.05) is 36.4 Å². The van der Waals surface area contributed by atoms with E-state index in [4.69, 9.17) is 46.1 Å². The summed E-state index contributed by atoms with van der Waals surface area (Å²) < 4.78 is 37.6. The molecule has 2 aromatic carbocycles. The van der Waals surface area contributed by atoms with Crippen molar-refractivity contribution >= 4 is 22.2 Å². The van der Waals surface area contributed by atoms with Gasteiger partial charge in [-0.15, -0.1) is 0 Å². The average molecular weight is 485 g/mol. The molecule has 0 aliphatic heterocycles. The molecule has 0 amide bonds. The lowest BCUT2D eigenvalue weighted by molar-refractivity contribution is 0.354. The highest BCUT2D eigenvalue weighted by Gasteiger charge is 2.04. The summed E-state index contributed by atoms with van der Waals surface area (Å²) >= 11 is -2.26. The molecular weight excluding hydrogens is 452 g/mol. The van der Waals surface area contributed by atoms with Crippen LogP contribution >= 0.6 is 0 Å². The van der Waals surface area contributed by atoms with E-state index in [2.05, 4.69) is 10.7 Å². The van der Waals surface area contributed by atoms with Crippen LogP contribution in [-0.4, -0.2) is 48.3 Å². The minimum atomic E-state index is -2.26. The van der Waals surface area contributed by atoms with Gasteiger partial charge in [-0.2, -0.15) is 0 Å². The van der Waals surface area contributed by atoms with Gasteiger partial charge in [-0.1, -0.05) is 12.1 Å². The highest BCUT2D eigenvalue weighted by molar-refractivity contribution is 7.95. The molecule has 33 heavy (non-hydrogen) atoms. The van der Waals surface area contributed by atoms with Gasteiger partial charge in [0.15, 0.2) is 29.0 Å². The first-order chi connectivity index (χ1) is 15.6. The van der Waals surface area contributed by atoms with E-state index < -0.39 is 16.2 Å². The quantitative estimate of drug-likeness (QED) is 0.184. The van der Waals surface area contributed by atoms with Gasteiger partial charge in [0.25, 0.3) is 0 Å². The first-order valence-electron chi connectivity index (χ1n) is 9.25. The van der Waals surface area contributed by atoms with E-state index in [1.54, 1.807) is 28.4 Å². The van der Waals surface area contributed by atoms with Crippen LogP contribution < -0.4 is 41.9 Å². The smallest absolute Gasteiger partial charge is 0.222 e. The van der Waals surface area contributed by atoms with Gasteiger partial charge in [0.1, 0.15) is 0 Å². The zero-order chi connectivity index (χ0) is 25.4. The van der Waals surface area contributed by atoms with Crippen LogP contribution in [0.3, 0.4) is 0 Å². The predicted molar refractivity (Wildman–Crippen MR) is 129 cm³/mol. The maximum absolute atomic E-state index is 9.46. The van der Waals surface area contributed by atoms with Gasteiger partial charge < -0.3 is 41.9 Å². The van der Waals surface area contributed by atoms with Crippen molar-refractivity contribution in [2.45, 2.75) is 13.1 Å². The normalized spacial score (nSPS) is 10.2. The lowest BCUT2D eigenvalue weighted by Gasteiger charge is -2.08. The van der Waals surface area contributed by atoms with Gasteiger partial charge in [-0.25, -0.2) is 9.20 Å². The third-order valence-corrected chi connectivity index (χ3v) is 4.14. The van der Waals surface area contributed by atoms with Crippen LogP contribution in [0.4, 0.5) is 0 Å². The van der Waals surface area contributed by atoms with Crippen LogP contribution in [0, 0.1) is 5.41 Å². The van der Waals surface area contributed by atoms with Crippen LogP contribution in [0.1, 0.15) is 11.1 Å². The molecule has 0 aliphatic rings. The fourth-order valence-corrected chi connectivity index (χ4v) is 2.17. The number of guanidine groups is 1. The summed E-state index contributed by atoms with van der Waals surface area (Å²) in [7, 11) is 6.40. The van der Waals surface area contributed by atoms with Gasteiger partial charge in [0.05, 0.1) is 35.0 Å².